The van der Waals surface area contributed by atoms with Gasteiger partial charge in [-0.25, -0.2) is 4.79 Å². The third-order valence-electron chi connectivity index (χ3n) is 6.84. The van der Waals surface area contributed by atoms with Crippen molar-refractivity contribution in [2.24, 2.45) is 11.8 Å². The van der Waals surface area contributed by atoms with Crippen LogP contribution in [0.25, 0.3) is 0 Å². The molecule has 0 saturated heterocycles. The summed E-state index contributed by atoms with van der Waals surface area (Å²) in [5.74, 6) is 0.378. The lowest BCUT2D eigenvalue weighted by atomic mass is 9.74. The van der Waals surface area contributed by atoms with E-state index in [0.29, 0.717) is 17.4 Å². The summed E-state index contributed by atoms with van der Waals surface area (Å²) in [6.45, 7) is 1.90. The van der Waals surface area contributed by atoms with Crippen molar-refractivity contribution in [3.63, 3.8) is 0 Å². The molecular weight excluding hydrogens is 320 g/mol. The van der Waals surface area contributed by atoms with Gasteiger partial charge in [-0.1, -0.05) is 95.5 Å². The van der Waals surface area contributed by atoms with E-state index in [9.17, 15) is 9.90 Å². The van der Waals surface area contributed by atoms with Crippen molar-refractivity contribution < 1.29 is 9.90 Å². The SMILES string of the molecule is CC(C(=O)O)=C(C1CCCCCCCCC1)C1CCCCCCCCC1. The van der Waals surface area contributed by atoms with Crippen LogP contribution in [0.4, 0.5) is 0 Å². The Morgan fingerprint density at radius 1 is 0.577 bits per heavy atom. The van der Waals surface area contributed by atoms with Crippen LogP contribution in [-0.4, -0.2) is 11.1 Å². The standard InChI is InChI=1S/C24H42O2/c1-20(24(25)26)23(21-16-12-8-4-2-5-9-13-17-21)22-18-14-10-6-3-7-11-15-19-22/h21-22H,2-19H2,1H3,(H,25,26). The first-order valence-electron chi connectivity index (χ1n) is 11.6. The van der Waals surface area contributed by atoms with Crippen molar-refractivity contribution in [1.82, 2.24) is 0 Å². The maximum absolute atomic E-state index is 11.9. The normalized spacial score (nSPS) is 23.1. The van der Waals surface area contributed by atoms with E-state index in [1.165, 1.54) is 121 Å². The molecule has 1 N–H and O–H groups in total. The molecule has 0 aromatic carbocycles. The molecule has 2 nitrogen and oxygen atoms in total. The molecule has 0 bridgehead atoms. The Hall–Kier alpha value is -0.790. The smallest absolute Gasteiger partial charge is 0.331 e. The molecule has 0 aromatic rings. The quantitative estimate of drug-likeness (QED) is 0.523. The summed E-state index contributed by atoms with van der Waals surface area (Å²) in [5, 5.41) is 9.81. The van der Waals surface area contributed by atoms with Crippen LogP contribution in [0.3, 0.4) is 0 Å². The number of carboxylic acid groups (broad SMARTS) is 1. The minimum Gasteiger partial charge on any atom is -0.478 e. The zero-order valence-corrected chi connectivity index (χ0v) is 17.2. The van der Waals surface area contributed by atoms with E-state index in [2.05, 4.69) is 0 Å². The topological polar surface area (TPSA) is 37.3 Å². The zero-order valence-electron chi connectivity index (χ0n) is 17.2. The fourth-order valence-electron chi connectivity index (χ4n) is 5.31. The maximum atomic E-state index is 11.9. The summed E-state index contributed by atoms with van der Waals surface area (Å²) >= 11 is 0. The highest BCUT2D eigenvalue weighted by molar-refractivity contribution is 5.87. The molecule has 2 fully saturated rings. The van der Waals surface area contributed by atoms with Gasteiger partial charge in [0.25, 0.3) is 0 Å². The van der Waals surface area contributed by atoms with Crippen molar-refractivity contribution >= 4 is 5.97 Å². The van der Waals surface area contributed by atoms with Crippen LogP contribution in [0.15, 0.2) is 11.1 Å². The van der Waals surface area contributed by atoms with Gasteiger partial charge in [0, 0.05) is 5.57 Å². The Labute approximate surface area is 161 Å². The first kappa shape index (κ1) is 21.5. The van der Waals surface area contributed by atoms with Gasteiger partial charge in [-0.3, -0.25) is 0 Å². The van der Waals surface area contributed by atoms with Crippen molar-refractivity contribution in [3.05, 3.63) is 11.1 Å². The minimum absolute atomic E-state index is 0.525. The number of allylic oxidation sites excluding steroid dienone is 1. The van der Waals surface area contributed by atoms with Crippen molar-refractivity contribution in [2.75, 3.05) is 0 Å². The number of carbonyl (C=O) groups is 1. The van der Waals surface area contributed by atoms with Crippen molar-refractivity contribution in [2.45, 2.75) is 122 Å². The average Bonchev–Trinajstić information content (AvgIpc) is 2.65. The molecule has 2 aliphatic rings. The van der Waals surface area contributed by atoms with Gasteiger partial charge in [0.05, 0.1) is 0 Å². The second kappa shape index (κ2) is 12.6. The van der Waals surface area contributed by atoms with Crippen LogP contribution in [0.2, 0.25) is 0 Å². The minimum atomic E-state index is -0.672. The van der Waals surface area contributed by atoms with Crippen LogP contribution >= 0.6 is 0 Å². The molecular formula is C24H42O2. The molecule has 26 heavy (non-hydrogen) atoms. The van der Waals surface area contributed by atoms with E-state index in [4.69, 9.17) is 0 Å². The first-order valence-corrected chi connectivity index (χ1v) is 11.6. The number of rotatable bonds is 3. The lowest BCUT2D eigenvalue weighted by Gasteiger charge is -2.30. The van der Waals surface area contributed by atoms with E-state index in [1.807, 2.05) is 6.92 Å². The molecule has 2 heteroatoms. The van der Waals surface area contributed by atoms with Crippen LogP contribution in [0.5, 0.6) is 0 Å². The number of hydrogen-bond acceptors (Lipinski definition) is 1. The van der Waals surface area contributed by atoms with Gasteiger partial charge in [-0.15, -0.1) is 0 Å². The van der Waals surface area contributed by atoms with E-state index < -0.39 is 5.97 Å². The average molecular weight is 363 g/mol. The third kappa shape index (κ3) is 7.45. The molecule has 0 atom stereocenters. The Kier molecular flexibility index (Phi) is 10.4. The second-order valence-electron chi connectivity index (χ2n) is 8.88. The number of carboxylic acids is 1. The molecule has 0 heterocycles. The van der Waals surface area contributed by atoms with Crippen molar-refractivity contribution in [3.8, 4) is 0 Å². The second-order valence-corrected chi connectivity index (χ2v) is 8.88. The molecule has 0 aliphatic heterocycles. The number of aliphatic carboxylic acids is 1. The number of hydrogen-bond donors (Lipinski definition) is 1. The molecule has 0 radical (unpaired) electrons. The Morgan fingerprint density at radius 2 is 0.846 bits per heavy atom. The van der Waals surface area contributed by atoms with Crippen molar-refractivity contribution in [1.29, 1.82) is 0 Å². The Balaban J connectivity index is 2.18. The summed E-state index contributed by atoms with van der Waals surface area (Å²) in [4.78, 5) is 11.9. The molecule has 2 rings (SSSR count). The first-order chi connectivity index (χ1) is 12.7. The van der Waals surface area contributed by atoms with E-state index in [-0.39, 0.29) is 0 Å². The zero-order chi connectivity index (χ0) is 18.6. The maximum Gasteiger partial charge on any atom is 0.331 e. The van der Waals surface area contributed by atoms with E-state index in [1.54, 1.807) is 0 Å². The third-order valence-corrected chi connectivity index (χ3v) is 6.84. The van der Waals surface area contributed by atoms with Crippen LogP contribution in [0.1, 0.15) is 122 Å². The van der Waals surface area contributed by atoms with Gasteiger partial charge >= 0.3 is 5.97 Å². The molecule has 0 aromatic heterocycles. The lowest BCUT2D eigenvalue weighted by Crippen LogP contribution is -2.20. The van der Waals surface area contributed by atoms with Crippen LogP contribution in [-0.2, 0) is 4.79 Å². The molecule has 150 valence electrons. The largest absolute Gasteiger partial charge is 0.478 e. The highest BCUT2D eigenvalue weighted by Crippen LogP contribution is 2.38. The predicted molar refractivity (Wildman–Crippen MR) is 110 cm³/mol. The lowest BCUT2D eigenvalue weighted by molar-refractivity contribution is -0.132. The molecule has 0 spiro atoms. The summed E-state index contributed by atoms with van der Waals surface area (Å²) in [6, 6.07) is 0. The van der Waals surface area contributed by atoms with Crippen LogP contribution < -0.4 is 0 Å². The van der Waals surface area contributed by atoms with E-state index >= 15 is 0 Å². The summed E-state index contributed by atoms with van der Waals surface area (Å²) < 4.78 is 0. The summed E-state index contributed by atoms with van der Waals surface area (Å²) in [7, 11) is 0. The van der Waals surface area contributed by atoms with Gasteiger partial charge in [0.1, 0.15) is 0 Å². The fourth-order valence-corrected chi connectivity index (χ4v) is 5.31. The van der Waals surface area contributed by atoms with Gasteiger partial charge in [-0.05, 0) is 44.4 Å². The monoisotopic (exact) mass is 362 g/mol. The van der Waals surface area contributed by atoms with Gasteiger partial charge < -0.3 is 5.11 Å². The molecule has 0 amide bonds. The summed E-state index contributed by atoms with van der Waals surface area (Å²) in [5.41, 5.74) is 2.05. The Bertz CT molecular complexity index is 389. The van der Waals surface area contributed by atoms with Gasteiger partial charge in [0.2, 0.25) is 0 Å². The molecule has 2 aliphatic carbocycles. The highest BCUT2D eigenvalue weighted by atomic mass is 16.4. The van der Waals surface area contributed by atoms with Gasteiger partial charge in [0.15, 0.2) is 0 Å². The molecule has 0 unspecified atom stereocenters. The molecule has 2 saturated carbocycles. The highest BCUT2D eigenvalue weighted by Gasteiger charge is 2.27. The predicted octanol–water partition coefficient (Wildman–Crippen LogP) is 7.67. The van der Waals surface area contributed by atoms with Gasteiger partial charge in [-0.2, -0.15) is 0 Å². The van der Waals surface area contributed by atoms with Crippen LogP contribution in [0, 0.1) is 11.8 Å². The summed E-state index contributed by atoms with van der Waals surface area (Å²) in [6.07, 6.45) is 23.6. The fraction of sp³-hybridized carbons (Fsp3) is 0.875. The van der Waals surface area contributed by atoms with E-state index in [0.717, 1.165) is 0 Å². The Morgan fingerprint density at radius 3 is 1.12 bits per heavy atom.